The minimum absolute atomic E-state index is 1.13. The SMILES string of the molecule is CC.CC/C=C\C=C\CC. The summed E-state index contributed by atoms with van der Waals surface area (Å²) in [5, 5.41) is 0. The van der Waals surface area contributed by atoms with E-state index in [9.17, 15) is 0 Å². The van der Waals surface area contributed by atoms with Crippen molar-refractivity contribution in [3.05, 3.63) is 24.3 Å². The maximum Gasteiger partial charge on any atom is -0.0376 e. The number of hydrogen-bond acceptors (Lipinski definition) is 0. The van der Waals surface area contributed by atoms with Gasteiger partial charge >= 0.3 is 0 Å². The molecule has 0 heterocycles. The van der Waals surface area contributed by atoms with Crippen LogP contribution in [-0.2, 0) is 0 Å². The molecule has 0 aliphatic heterocycles. The van der Waals surface area contributed by atoms with E-state index in [4.69, 9.17) is 0 Å². The van der Waals surface area contributed by atoms with Crippen molar-refractivity contribution in [2.24, 2.45) is 0 Å². The van der Waals surface area contributed by atoms with Crippen molar-refractivity contribution in [1.29, 1.82) is 0 Å². The Hall–Kier alpha value is -0.520. The molecular formula is C10H20. The molecule has 0 radical (unpaired) electrons. The zero-order valence-electron chi connectivity index (χ0n) is 7.72. The number of allylic oxidation sites excluding steroid dienone is 4. The van der Waals surface area contributed by atoms with Crippen LogP contribution in [0.15, 0.2) is 24.3 Å². The highest BCUT2D eigenvalue weighted by atomic mass is 13.7. The lowest BCUT2D eigenvalue weighted by atomic mass is 10.3. The Balaban J connectivity index is 0. The van der Waals surface area contributed by atoms with Crippen molar-refractivity contribution in [1.82, 2.24) is 0 Å². The molecule has 0 aliphatic carbocycles. The van der Waals surface area contributed by atoms with Gasteiger partial charge in [0.05, 0.1) is 0 Å². The fourth-order valence-electron chi connectivity index (χ4n) is 0.429. The van der Waals surface area contributed by atoms with Gasteiger partial charge in [-0.1, -0.05) is 52.0 Å². The lowest BCUT2D eigenvalue weighted by Crippen LogP contribution is -1.52. The third-order valence-corrected chi connectivity index (χ3v) is 0.855. The number of hydrogen-bond donors (Lipinski definition) is 0. The normalized spacial score (nSPS) is 10.0. The van der Waals surface area contributed by atoms with Crippen molar-refractivity contribution in [2.45, 2.75) is 40.5 Å². The average Bonchev–Trinajstić information content (AvgIpc) is 2.02. The van der Waals surface area contributed by atoms with Crippen molar-refractivity contribution in [3.8, 4) is 0 Å². The van der Waals surface area contributed by atoms with Crippen LogP contribution in [0.2, 0.25) is 0 Å². The Morgan fingerprint density at radius 2 is 1.10 bits per heavy atom. The first-order valence-electron chi connectivity index (χ1n) is 4.23. The summed E-state index contributed by atoms with van der Waals surface area (Å²) in [6.45, 7) is 8.27. The highest BCUT2D eigenvalue weighted by molar-refractivity contribution is 5.01. The van der Waals surface area contributed by atoms with Crippen LogP contribution in [0.1, 0.15) is 40.5 Å². The predicted molar refractivity (Wildman–Crippen MR) is 50.2 cm³/mol. The summed E-state index contributed by atoms with van der Waals surface area (Å²) in [4.78, 5) is 0. The Labute approximate surface area is 65.7 Å². The molecule has 0 aromatic carbocycles. The largest absolute Gasteiger partial charge is 0.0848 e. The molecule has 60 valence electrons. The van der Waals surface area contributed by atoms with Gasteiger partial charge in [-0.25, -0.2) is 0 Å². The molecule has 0 saturated heterocycles. The van der Waals surface area contributed by atoms with E-state index in [2.05, 4.69) is 38.2 Å². The van der Waals surface area contributed by atoms with Crippen molar-refractivity contribution >= 4 is 0 Å². The van der Waals surface area contributed by atoms with E-state index in [0.29, 0.717) is 0 Å². The summed E-state index contributed by atoms with van der Waals surface area (Å²) in [5.41, 5.74) is 0. The molecule has 0 aromatic heterocycles. The molecule has 0 N–H and O–H groups in total. The molecule has 0 bridgehead atoms. The van der Waals surface area contributed by atoms with Gasteiger partial charge in [0.25, 0.3) is 0 Å². The van der Waals surface area contributed by atoms with Gasteiger partial charge in [0.1, 0.15) is 0 Å². The van der Waals surface area contributed by atoms with Gasteiger partial charge in [0.2, 0.25) is 0 Å². The molecule has 10 heavy (non-hydrogen) atoms. The first kappa shape index (κ1) is 12.2. The van der Waals surface area contributed by atoms with Gasteiger partial charge < -0.3 is 0 Å². The summed E-state index contributed by atoms with van der Waals surface area (Å²) >= 11 is 0. The van der Waals surface area contributed by atoms with Gasteiger partial charge in [0, 0.05) is 0 Å². The second-order valence-corrected chi connectivity index (χ2v) is 1.67. The van der Waals surface area contributed by atoms with E-state index in [1.165, 1.54) is 0 Å². The molecule has 0 atom stereocenters. The molecular weight excluding hydrogens is 120 g/mol. The molecule has 0 saturated carbocycles. The zero-order valence-corrected chi connectivity index (χ0v) is 7.72. The van der Waals surface area contributed by atoms with Gasteiger partial charge in [-0.15, -0.1) is 0 Å². The summed E-state index contributed by atoms with van der Waals surface area (Å²) in [5.74, 6) is 0. The Bertz CT molecular complexity index is 66.0. The minimum atomic E-state index is 1.13. The predicted octanol–water partition coefficient (Wildman–Crippen LogP) is 3.95. The maximum atomic E-state index is 2.14. The van der Waals surface area contributed by atoms with Crippen LogP contribution in [0, 0.1) is 0 Å². The fourth-order valence-corrected chi connectivity index (χ4v) is 0.429. The monoisotopic (exact) mass is 140 g/mol. The second-order valence-electron chi connectivity index (χ2n) is 1.67. The first-order chi connectivity index (χ1) is 4.91. The van der Waals surface area contributed by atoms with Crippen LogP contribution < -0.4 is 0 Å². The first-order valence-corrected chi connectivity index (χ1v) is 4.23. The van der Waals surface area contributed by atoms with Crippen LogP contribution in [0.3, 0.4) is 0 Å². The fraction of sp³-hybridized carbons (Fsp3) is 0.600. The molecule has 0 rings (SSSR count). The second kappa shape index (κ2) is 15.8. The Morgan fingerprint density at radius 1 is 0.800 bits per heavy atom. The van der Waals surface area contributed by atoms with Crippen LogP contribution in [0.25, 0.3) is 0 Å². The van der Waals surface area contributed by atoms with Crippen molar-refractivity contribution < 1.29 is 0 Å². The molecule has 0 amide bonds. The van der Waals surface area contributed by atoms with Gasteiger partial charge in [-0.3, -0.25) is 0 Å². The van der Waals surface area contributed by atoms with Crippen molar-refractivity contribution in [3.63, 3.8) is 0 Å². The zero-order chi connectivity index (χ0) is 8.24. The summed E-state index contributed by atoms with van der Waals surface area (Å²) in [7, 11) is 0. The van der Waals surface area contributed by atoms with Crippen molar-refractivity contribution in [2.75, 3.05) is 0 Å². The van der Waals surface area contributed by atoms with Gasteiger partial charge in [-0.05, 0) is 12.8 Å². The molecule has 0 aliphatic rings. The van der Waals surface area contributed by atoms with Crippen LogP contribution >= 0.6 is 0 Å². The quantitative estimate of drug-likeness (QED) is 0.521. The van der Waals surface area contributed by atoms with E-state index < -0.39 is 0 Å². The van der Waals surface area contributed by atoms with Crippen LogP contribution in [0.4, 0.5) is 0 Å². The van der Waals surface area contributed by atoms with Gasteiger partial charge in [0.15, 0.2) is 0 Å². The maximum absolute atomic E-state index is 2.14. The number of rotatable bonds is 3. The minimum Gasteiger partial charge on any atom is -0.0848 e. The highest BCUT2D eigenvalue weighted by Crippen LogP contribution is 1.83. The lowest BCUT2D eigenvalue weighted by molar-refractivity contribution is 1.21. The average molecular weight is 140 g/mol. The summed E-state index contributed by atoms with van der Waals surface area (Å²) in [6, 6.07) is 0. The Morgan fingerprint density at radius 3 is 1.30 bits per heavy atom. The smallest absolute Gasteiger partial charge is 0.0376 e. The summed E-state index contributed by atoms with van der Waals surface area (Å²) in [6.07, 6.45) is 10.7. The van der Waals surface area contributed by atoms with Crippen LogP contribution in [-0.4, -0.2) is 0 Å². The van der Waals surface area contributed by atoms with E-state index in [0.717, 1.165) is 12.8 Å². The van der Waals surface area contributed by atoms with E-state index in [-0.39, 0.29) is 0 Å². The lowest BCUT2D eigenvalue weighted by Gasteiger charge is -1.74. The molecule has 0 nitrogen and oxygen atoms in total. The molecule has 0 spiro atoms. The molecule has 0 fully saturated rings. The molecule has 0 aromatic rings. The molecule has 0 unspecified atom stereocenters. The highest BCUT2D eigenvalue weighted by Gasteiger charge is 1.61. The standard InChI is InChI=1S/C8H14.C2H6/c1-3-5-7-8-6-4-2;1-2/h5-8H,3-4H2,1-2H3;1-2H3/b7-5-,8-6+;. The molecule has 0 heteroatoms. The van der Waals surface area contributed by atoms with E-state index in [1.807, 2.05) is 13.8 Å². The third kappa shape index (κ3) is 15.6. The summed E-state index contributed by atoms with van der Waals surface area (Å²) < 4.78 is 0. The third-order valence-electron chi connectivity index (χ3n) is 0.855. The van der Waals surface area contributed by atoms with E-state index >= 15 is 0 Å². The Kier molecular flexibility index (Phi) is 19.3. The van der Waals surface area contributed by atoms with E-state index in [1.54, 1.807) is 0 Å². The van der Waals surface area contributed by atoms with Gasteiger partial charge in [-0.2, -0.15) is 0 Å². The van der Waals surface area contributed by atoms with Crippen LogP contribution in [0.5, 0.6) is 0 Å². The topological polar surface area (TPSA) is 0 Å².